The largest absolute Gasteiger partial charge is 0.508 e. The maximum atomic E-state index is 12.3. The van der Waals surface area contributed by atoms with E-state index in [1.54, 1.807) is 6.07 Å². The van der Waals surface area contributed by atoms with Gasteiger partial charge in [-0.1, -0.05) is 6.07 Å². The highest BCUT2D eigenvalue weighted by Gasteiger charge is 2.64. The summed E-state index contributed by atoms with van der Waals surface area (Å²) in [5.41, 5.74) is 0.895. The van der Waals surface area contributed by atoms with Crippen LogP contribution < -0.4 is 0 Å². The Labute approximate surface area is 171 Å². The molecule has 1 heterocycles. The van der Waals surface area contributed by atoms with E-state index in [0.717, 1.165) is 37.4 Å². The van der Waals surface area contributed by atoms with E-state index in [2.05, 4.69) is 4.90 Å². The van der Waals surface area contributed by atoms with Crippen LogP contribution in [0.2, 0.25) is 0 Å². The summed E-state index contributed by atoms with van der Waals surface area (Å²) in [6.45, 7) is 2.04. The number of piperidine rings is 1. The van der Waals surface area contributed by atoms with Gasteiger partial charge in [0.15, 0.2) is 0 Å². The van der Waals surface area contributed by atoms with Crippen LogP contribution in [0, 0.1) is 5.92 Å². The zero-order valence-electron chi connectivity index (χ0n) is 16.7. The first kappa shape index (κ1) is 20.8. The lowest BCUT2D eigenvalue weighted by atomic mass is 9.49. The fourth-order valence-corrected chi connectivity index (χ4v) is 5.74. The van der Waals surface area contributed by atoms with Crippen molar-refractivity contribution in [1.29, 1.82) is 0 Å². The summed E-state index contributed by atoms with van der Waals surface area (Å²) in [5, 5.41) is 21.9. The Bertz CT molecular complexity index is 919. The van der Waals surface area contributed by atoms with Crippen molar-refractivity contribution >= 4 is 15.9 Å². The minimum atomic E-state index is -3.67. The Morgan fingerprint density at radius 2 is 1.93 bits per heavy atom. The maximum absolute atomic E-state index is 12.3. The van der Waals surface area contributed by atoms with E-state index < -0.39 is 21.1 Å². The Hall–Kier alpha value is -1.48. The molecule has 1 aromatic rings. The Morgan fingerprint density at radius 1 is 1.24 bits per heavy atom. The Morgan fingerprint density at radius 3 is 2.59 bits per heavy atom. The average molecular weight is 424 g/mol. The number of benzene rings is 1. The molecule has 7 nitrogen and oxygen atoms in total. The topological polar surface area (TPSA) is 115 Å². The van der Waals surface area contributed by atoms with Gasteiger partial charge in [0.05, 0.1) is 11.9 Å². The summed E-state index contributed by atoms with van der Waals surface area (Å²) in [5.74, 6) is 1.29. The summed E-state index contributed by atoms with van der Waals surface area (Å²) in [6, 6.07) is 5.66. The van der Waals surface area contributed by atoms with Gasteiger partial charge in [-0.2, -0.15) is 8.42 Å². The molecule has 3 atom stereocenters. The number of likely N-dealkylation sites (tertiary alicyclic amines) is 1. The van der Waals surface area contributed by atoms with Gasteiger partial charge < -0.3 is 10.2 Å². The number of hydrogen-bond acceptors (Lipinski definition) is 6. The second-order valence-electron chi connectivity index (χ2n) is 9.20. The van der Waals surface area contributed by atoms with Crippen molar-refractivity contribution in [2.45, 2.75) is 62.0 Å². The third-order valence-corrected chi connectivity index (χ3v) is 7.14. The lowest BCUT2D eigenvalue weighted by Crippen LogP contribution is -2.73. The smallest absolute Gasteiger partial charge is 0.261 e. The van der Waals surface area contributed by atoms with Crippen molar-refractivity contribution in [3.63, 3.8) is 0 Å². The highest BCUT2D eigenvalue weighted by Crippen LogP contribution is 2.58. The molecule has 0 amide bonds. The molecule has 0 spiro atoms. The fraction of sp³-hybridized carbons (Fsp3) is 0.667. The zero-order chi connectivity index (χ0) is 21.0. The summed E-state index contributed by atoms with van der Waals surface area (Å²) in [7, 11) is -3.67. The number of Topliss-reactive ketones (excluding diaryl/α,β-unsaturated/α-hetero) is 1. The monoisotopic (exact) mass is 423 g/mol. The van der Waals surface area contributed by atoms with Crippen LogP contribution in [0.3, 0.4) is 0 Å². The summed E-state index contributed by atoms with van der Waals surface area (Å²) < 4.78 is 25.9. The predicted octanol–water partition coefficient (Wildman–Crippen LogP) is 1.66. The van der Waals surface area contributed by atoms with Crippen molar-refractivity contribution in [2.24, 2.45) is 5.92 Å². The lowest BCUT2D eigenvalue weighted by Gasteiger charge is -2.63. The van der Waals surface area contributed by atoms with Crippen molar-refractivity contribution in [3.8, 4) is 5.75 Å². The molecule has 3 N–H and O–H groups in total. The Kier molecular flexibility index (Phi) is 5.05. The molecule has 0 unspecified atom stereocenters. The number of fused-ring (bicyclic) bond motifs is 1. The molecule has 160 valence electrons. The summed E-state index contributed by atoms with van der Waals surface area (Å²) in [6.07, 6.45) is 6.46. The first-order valence-corrected chi connectivity index (χ1v) is 12.1. The fourth-order valence-electron chi connectivity index (χ4n) is 5.74. The number of aliphatic hydroxyl groups is 1. The van der Waals surface area contributed by atoms with E-state index in [4.69, 9.17) is 4.55 Å². The van der Waals surface area contributed by atoms with E-state index in [0.29, 0.717) is 25.5 Å². The van der Waals surface area contributed by atoms with Gasteiger partial charge in [0, 0.05) is 30.8 Å². The number of carbonyl (C=O) groups is 1. The van der Waals surface area contributed by atoms with E-state index >= 15 is 0 Å². The van der Waals surface area contributed by atoms with Gasteiger partial charge in [0.1, 0.15) is 11.5 Å². The minimum absolute atomic E-state index is 0.108. The van der Waals surface area contributed by atoms with Gasteiger partial charge in [-0.3, -0.25) is 14.2 Å². The van der Waals surface area contributed by atoms with Crippen LogP contribution in [0.4, 0.5) is 0 Å². The molecule has 2 bridgehead atoms. The maximum Gasteiger partial charge on any atom is 0.261 e. The lowest BCUT2D eigenvalue weighted by molar-refractivity contribution is -0.173. The highest BCUT2D eigenvalue weighted by molar-refractivity contribution is 7.85. The number of carbonyl (C=O) groups excluding carboxylic acids is 1. The molecule has 0 radical (unpaired) electrons. The molecule has 0 aromatic heterocycles. The molecule has 29 heavy (non-hydrogen) atoms. The number of hydrogen-bond donors (Lipinski definition) is 3. The van der Waals surface area contributed by atoms with E-state index in [9.17, 15) is 23.4 Å². The van der Waals surface area contributed by atoms with Crippen LogP contribution in [0.5, 0.6) is 5.75 Å². The molecule has 1 saturated heterocycles. The van der Waals surface area contributed by atoms with Gasteiger partial charge in [0.2, 0.25) is 0 Å². The number of nitrogens with zero attached hydrogens (tertiary/aromatic N) is 1. The van der Waals surface area contributed by atoms with E-state index in [1.165, 1.54) is 18.4 Å². The number of phenols is 1. The summed E-state index contributed by atoms with van der Waals surface area (Å²) >= 11 is 0. The van der Waals surface area contributed by atoms with Gasteiger partial charge >= 0.3 is 0 Å². The number of phenolic OH excluding ortho intramolecular Hbond substituents is 1. The van der Waals surface area contributed by atoms with Crippen molar-refractivity contribution in [3.05, 3.63) is 29.3 Å². The van der Waals surface area contributed by atoms with Crippen LogP contribution >= 0.6 is 0 Å². The van der Waals surface area contributed by atoms with Crippen molar-refractivity contribution in [2.75, 3.05) is 19.3 Å². The normalized spacial score (nSPS) is 33.9. The van der Waals surface area contributed by atoms with Crippen LogP contribution in [-0.4, -0.2) is 64.9 Å². The third-order valence-electron chi connectivity index (χ3n) is 7.14. The van der Waals surface area contributed by atoms with E-state index in [-0.39, 0.29) is 17.6 Å². The molecule has 1 aliphatic heterocycles. The number of aromatic hydroxyl groups is 1. The molecule has 3 fully saturated rings. The molecule has 8 heteroatoms. The standard InChI is InChI=1S/C20H25NO3.CH4O3S/c22-15-4-3-14-9-18-20(24)6-5-16(23)11-19(20,17(14)10-15)7-8-21(18)12-13-1-2-13;1-5(2,3)4/h3-4,10,13,18,22,24H,1-2,5-9,11-12H2;1H3,(H,2,3,4)/t18-,19-,20-;/m1./s1. The van der Waals surface area contributed by atoms with Crippen molar-refractivity contribution in [1.82, 2.24) is 4.90 Å². The molecule has 5 rings (SSSR count). The van der Waals surface area contributed by atoms with Crippen LogP contribution in [-0.2, 0) is 26.7 Å². The molecule has 3 aliphatic carbocycles. The number of ketones is 1. The molecule has 1 aromatic carbocycles. The Balaban J connectivity index is 0.000000369. The van der Waals surface area contributed by atoms with Gasteiger partial charge in [0.25, 0.3) is 10.1 Å². The van der Waals surface area contributed by atoms with Gasteiger partial charge in [-0.05, 0) is 67.8 Å². The van der Waals surface area contributed by atoms with Crippen LogP contribution in [0.1, 0.15) is 49.7 Å². The number of rotatable bonds is 2. The quantitative estimate of drug-likeness (QED) is 0.620. The van der Waals surface area contributed by atoms with Gasteiger partial charge in [-0.15, -0.1) is 0 Å². The van der Waals surface area contributed by atoms with Crippen LogP contribution in [0.15, 0.2) is 18.2 Å². The van der Waals surface area contributed by atoms with Crippen LogP contribution in [0.25, 0.3) is 0 Å². The van der Waals surface area contributed by atoms with E-state index in [1.807, 2.05) is 12.1 Å². The zero-order valence-corrected chi connectivity index (χ0v) is 17.5. The van der Waals surface area contributed by atoms with Crippen molar-refractivity contribution < 1.29 is 28.0 Å². The first-order valence-electron chi connectivity index (χ1n) is 10.2. The molecular formula is C21H29NO6S. The summed E-state index contributed by atoms with van der Waals surface area (Å²) in [4.78, 5) is 14.8. The molecule has 4 aliphatic rings. The second-order valence-corrected chi connectivity index (χ2v) is 10.7. The first-order chi connectivity index (χ1) is 13.5. The SMILES string of the molecule is CS(=O)(=O)O.O=C1CC[C@@]2(O)[C@H]3Cc4ccc(O)cc4[C@@]2(CCN3CC2CC2)C1. The predicted molar refractivity (Wildman–Crippen MR) is 107 cm³/mol. The molecular weight excluding hydrogens is 394 g/mol. The third kappa shape index (κ3) is 3.83. The minimum Gasteiger partial charge on any atom is -0.508 e. The average Bonchev–Trinajstić information content (AvgIpc) is 3.41. The second kappa shape index (κ2) is 7.04. The molecule has 2 saturated carbocycles. The highest BCUT2D eigenvalue weighted by atomic mass is 32.2. The van der Waals surface area contributed by atoms with Gasteiger partial charge in [-0.25, -0.2) is 0 Å².